The lowest BCUT2D eigenvalue weighted by molar-refractivity contribution is 0.249. The van der Waals surface area contributed by atoms with Gasteiger partial charge in [0.2, 0.25) is 0 Å². The van der Waals surface area contributed by atoms with Gasteiger partial charge < -0.3 is 10.6 Å². The molecule has 0 saturated heterocycles. The average molecular weight is 487 g/mol. The fourth-order valence-corrected chi connectivity index (χ4v) is 3.43. The molecule has 0 aliphatic carbocycles. The Labute approximate surface area is 178 Å². The van der Waals surface area contributed by atoms with Gasteiger partial charge in [0, 0.05) is 31.1 Å². The van der Waals surface area contributed by atoms with E-state index in [4.69, 9.17) is 0 Å². The van der Waals surface area contributed by atoms with Gasteiger partial charge in [0.05, 0.1) is 17.2 Å². The highest BCUT2D eigenvalue weighted by atomic mass is 127. The van der Waals surface area contributed by atoms with Crippen LogP contribution in [0.2, 0.25) is 0 Å². The minimum absolute atomic E-state index is 0. The van der Waals surface area contributed by atoms with E-state index < -0.39 is 0 Å². The number of nitrogens with zero attached hydrogens (tertiary/aromatic N) is 3. The maximum Gasteiger partial charge on any atom is 0.191 e. The molecule has 5 nitrogen and oxygen atoms in total. The molecular formula is C19H30IN5S. The minimum Gasteiger partial charge on any atom is -0.355 e. The average Bonchev–Trinajstić information content (AvgIpc) is 2.93. The number of likely N-dealkylation sites (N-methyl/N-ethyl adjacent to an activating group) is 1. The first kappa shape index (κ1) is 22.9. The molecule has 0 radical (unpaired) electrons. The van der Waals surface area contributed by atoms with Crippen LogP contribution in [-0.4, -0.2) is 42.5 Å². The lowest BCUT2D eigenvalue weighted by Crippen LogP contribution is -2.44. The first-order valence-electron chi connectivity index (χ1n) is 8.61. The Morgan fingerprint density at radius 2 is 1.92 bits per heavy atom. The van der Waals surface area contributed by atoms with Crippen LogP contribution in [0.15, 0.2) is 35.3 Å². The molecule has 1 atom stereocenters. The van der Waals surface area contributed by atoms with Gasteiger partial charge in [0.25, 0.3) is 0 Å². The molecular weight excluding hydrogens is 457 g/mol. The predicted octanol–water partition coefficient (Wildman–Crippen LogP) is 3.56. The van der Waals surface area contributed by atoms with Crippen LogP contribution in [0.3, 0.4) is 0 Å². The summed E-state index contributed by atoms with van der Waals surface area (Å²) in [5, 5.41) is 7.89. The summed E-state index contributed by atoms with van der Waals surface area (Å²) in [6, 6.07) is 10.9. The number of aryl methyl sites for hydroxylation is 2. The number of hydrogen-bond donors (Lipinski definition) is 2. The van der Waals surface area contributed by atoms with Crippen LogP contribution in [0.1, 0.15) is 28.1 Å². The molecule has 2 aromatic rings. The summed E-state index contributed by atoms with van der Waals surface area (Å²) in [7, 11) is 3.96. The number of rotatable bonds is 7. The first-order chi connectivity index (χ1) is 12.0. The highest BCUT2D eigenvalue weighted by molar-refractivity contribution is 14.0. The monoisotopic (exact) mass is 487 g/mol. The third kappa shape index (κ3) is 7.20. The molecule has 144 valence electrons. The third-order valence-electron chi connectivity index (χ3n) is 4.23. The van der Waals surface area contributed by atoms with E-state index in [2.05, 4.69) is 76.7 Å². The standard InChI is InChI=1S/C19H29N5S.HI/c1-14(24(5)13-17-9-7-6-8-10-17)11-21-19(20-4)22-12-18-15(2)23-16(3)25-18;/h6-10,14H,11-13H2,1-5H3,(H2,20,21,22);1H. The van der Waals surface area contributed by atoms with Crippen molar-refractivity contribution in [2.24, 2.45) is 4.99 Å². The van der Waals surface area contributed by atoms with Crippen LogP contribution in [-0.2, 0) is 13.1 Å². The molecule has 0 fully saturated rings. The van der Waals surface area contributed by atoms with E-state index >= 15 is 0 Å². The third-order valence-corrected chi connectivity index (χ3v) is 5.30. The van der Waals surface area contributed by atoms with Crippen molar-refractivity contribution in [3.8, 4) is 0 Å². The molecule has 1 unspecified atom stereocenters. The molecule has 0 amide bonds. The van der Waals surface area contributed by atoms with Crippen molar-refractivity contribution in [2.75, 3.05) is 20.6 Å². The highest BCUT2D eigenvalue weighted by Gasteiger charge is 2.11. The number of hydrogen-bond acceptors (Lipinski definition) is 4. The smallest absolute Gasteiger partial charge is 0.191 e. The van der Waals surface area contributed by atoms with E-state index in [0.29, 0.717) is 6.04 Å². The molecule has 0 aliphatic heterocycles. The van der Waals surface area contributed by atoms with E-state index in [-0.39, 0.29) is 24.0 Å². The number of benzene rings is 1. The predicted molar refractivity (Wildman–Crippen MR) is 123 cm³/mol. The number of thiazole rings is 1. The second-order valence-corrected chi connectivity index (χ2v) is 7.59. The molecule has 1 aromatic heterocycles. The number of halogens is 1. The van der Waals surface area contributed by atoms with E-state index in [9.17, 15) is 0 Å². The Morgan fingerprint density at radius 1 is 1.23 bits per heavy atom. The summed E-state index contributed by atoms with van der Waals surface area (Å²) in [4.78, 5) is 12.4. The minimum atomic E-state index is 0. The van der Waals surface area contributed by atoms with Gasteiger partial charge in [-0.1, -0.05) is 30.3 Å². The Bertz CT molecular complexity index is 686. The van der Waals surface area contributed by atoms with Gasteiger partial charge in [-0.15, -0.1) is 35.3 Å². The molecule has 2 rings (SSSR count). The summed E-state index contributed by atoms with van der Waals surface area (Å²) in [6.45, 7) is 8.85. The Kier molecular flexibility index (Phi) is 10.1. The first-order valence-corrected chi connectivity index (χ1v) is 9.42. The van der Waals surface area contributed by atoms with Crippen LogP contribution >= 0.6 is 35.3 Å². The Balaban J connectivity index is 0.00000338. The summed E-state index contributed by atoms with van der Waals surface area (Å²) >= 11 is 1.73. The van der Waals surface area contributed by atoms with Crippen LogP contribution in [0, 0.1) is 13.8 Å². The van der Waals surface area contributed by atoms with E-state index in [0.717, 1.165) is 36.3 Å². The lowest BCUT2D eigenvalue weighted by Gasteiger charge is -2.25. The van der Waals surface area contributed by atoms with Gasteiger partial charge in [0.15, 0.2) is 5.96 Å². The lowest BCUT2D eigenvalue weighted by atomic mass is 10.2. The molecule has 0 bridgehead atoms. The van der Waals surface area contributed by atoms with E-state index in [1.165, 1.54) is 10.4 Å². The topological polar surface area (TPSA) is 52.6 Å². The summed E-state index contributed by atoms with van der Waals surface area (Å²) in [6.07, 6.45) is 0. The maximum atomic E-state index is 4.46. The molecule has 0 saturated carbocycles. The number of aromatic nitrogens is 1. The Morgan fingerprint density at radius 3 is 2.50 bits per heavy atom. The van der Waals surface area contributed by atoms with Gasteiger partial charge in [-0.25, -0.2) is 4.98 Å². The molecule has 0 spiro atoms. The van der Waals surface area contributed by atoms with E-state index in [1.54, 1.807) is 18.4 Å². The number of nitrogens with one attached hydrogen (secondary N) is 2. The maximum absolute atomic E-state index is 4.46. The van der Waals surface area contributed by atoms with Crippen molar-refractivity contribution in [3.63, 3.8) is 0 Å². The highest BCUT2D eigenvalue weighted by Crippen LogP contribution is 2.16. The normalized spacial score (nSPS) is 12.6. The van der Waals surface area contributed by atoms with Crippen molar-refractivity contribution < 1.29 is 0 Å². The van der Waals surface area contributed by atoms with E-state index in [1.807, 2.05) is 6.92 Å². The van der Waals surface area contributed by atoms with Gasteiger partial charge in [0.1, 0.15) is 0 Å². The van der Waals surface area contributed by atoms with Crippen molar-refractivity contribution in [3.05, 3.63) is 51.5 Å². The molecule has 7 heteroatoms. The second kappa shape index (κ2) is 11.5. The van der Waals surface area contributed by atoms with Crippen LogP contribution < -0.4 is 10.6 Å². The second-order valence-electron chi connectivity index (χ2n) is 6.30. The molecule has 1 heterocycles. The van der Waals surface area contributed by atoms with Gasteiger partial charge in [-0.05, 0) is 33.4 Å². The van der Waals surface area contributed by atoms with Crippen molar-refractivity contribution >= 4 is 41.3 Å². The zero-order valence-electron chi connectivity index (χ0n) is 16.2. The SMILES string of the molecule is CN=C(NCc1sc(C)nc1C)NCC(C)N(C)Cc1ccccc1.I. The van der Waals surface area contributed by atoms with Gasteiger partial charge >= 0.3 is 0 Å². The largest absolute Gasteiger partial charge is 0.355 e. The van der Waals surface area contributed by atoms with Crippen LogP contribution in [0.25, 0.3) is 0 Å². The fraction of sp³-hybridized carbons (Fsp3) is 0.474. The number of aliphatic imine (C=N–C) groups is 1. The Hall–Kier alpha value is -1.19. The molecule has 26 heavy (non-hydrogen) atoms. The fourth-order valence-electron chi connectivity index (χ4n) is 2.55. The van der Waals surface area contributed by atoms with Crippen LogP contribution in [0.4, 0.5) is 0 Å². The van der Waals surface area contributed by atoms with Gasteiger partial charge in [-0.2, -0.15) is 0 Å². The van der Waals surface area contributed by atoms with Crippen molar-refractivity contribution in [1.82, 2.24) is 20.5 Å². The zero-order chi connectivity index (χ0) is 18.2. The summed E-state index contributed by atoms with van der Waals surface area (Å²) in [5.74, 6) is 0.824. The van der Waals surface area contributed by atoms with Crippen LogP contribution in [0.5, 0.6) is 0 Å². The zero-order valence-corrected chi connectivity index (χ0v) is 19.4. The molecule has 1 aromatic carbocycles. The van der Waals surface area contributed by atoms with Gasteiger partial charge in [-0.3, -0.25) is 9.89 Å². The van der Waals surface area contributed by atoms with Crippen molar-refractivity contribution in [1.29, 1.82) is 0 Å². The molecule has 2 N–H and O–H groups in total. The summed E-state index contributed by atoms with van der Waals surface area (Å²) in [5.41, 5.74) is 2.43. The van der Waals surface area contributed by atoms with Crippen molar-refractivity contribution in [2.45, 2.75) is 39.9 Å². The quantitative estimate of drug-likeness (QED) is 0.356. The summed E-state index contributed by atoms with van der Waals surface area (Å²) < 4.78 is 0. The number of guanidine groups is 1. The molecule has 0 aliphatic rings.